The van der Waals surface area contributed by atoms with Crippen molar-refractivity contribution in [2.75, 3.05) is 11.5 Å². The summed E-state index contributed by atoms with van der Waals surface area (Å²) in [5, 5.41) is 2.81. The van der Waals surface area contributed by atoms with E-state index in [2.05, 4.69) is 13.8 Å². The van der Waals surface area contributed by atoms with Gasteiger partial charge in [0.2, 0.25) is 0 Å². The highest BCUT2D eigenvalue weighted by atomic mass is 32.3. The predicted molar refractivity (Wildman–Crippen MR) is 107 cm³/mol. The van der Waals surface area contributed by atoms with Crippen LogP contribution in [0.2, 0.25) is 0 Å². The zero-order valence-corrected chi connectivity index (χ0v) is 17.8. The number of rotatable bonds is 12. The normalized spacial score (nSPS) is 17.4. The molecule has 0 unspecified atom stereocenters. The van der Waals surface area contributed by atoms with Gasteiger partial charge in [-0.25, -0.2) is 16.8 Å². The van der Waals surface area contributed by atoms with Gasteiger partial charge >= 0.3 is 0 Å². The van der Waals surface area contributed by atoms with Crippen molar-refractivity contribution in [1.29, 1.82) is 0 Å². The average Bonchev–Trinajstić information content (AvgIpc) is 2.97. The van der Waals surface area contributed by atoms with Crippen molar-refractivity contribution >= 4 is 43.2 Å². The van der Waals surface area contributed by atoms with Crippen LogP contribution >= 0.6 is 23.5 Å². The number of hydrogen-bond acceptors (Lipinski definition) is 6. The molecule has 0 saturated carbocycles. The zero-order valence-electron chi connectivity index (χ0n) is 14.5. The second-order valence-electron chi connectivity index (χ2n) is 5.90. The van der Waals surface area contributed by atoms with Crippen molar-refractivity contribution in [3.8, 4) is 0 Å². The van der Waals surface area contributed by atoms with E-state index in [1.54, 1.807) is 5.41 Å². The van der Waals surface area contributed by atoms with Crippen molar-refractivity contribution in [3.05, 3.63) is 19.3 Å². The molecule has 0 saturated heterocycles. The third-order valence-corrected chi connectivity index (χ3v) is 10.1. The smallest absolute Gasteiger partial charge is 0.185 e. The molecule has 1 aliphatic heterocycles. The molecule has 1 aliphatic rings. The van der Waals surface area contributed by atoms with Crippen LogP contribution in [0, 0.1) is 0 Å². The van der Waals surface area contributed by atoms with Crippen LogP contribution in [0.5, 0.6) is 0 Å². The molecule has 1 rings (SSSR count). The minimum atomic E-state index is -3.29. The fourth-order valence-electron chi connectivity index (χ4n) is 2.20. The molecule has 140 valence electrons. The van der Waals surface area contributed by atoms with Crippen LogP contribution in [0.3, 0.4) is 0 Å². The Balaban J connectivity index is 2.53. The first kappa shape index (κ1) is 22.1. The number of hydrogen-bond donors (Lipinski definition) is 0. The summed E-state index contributed by atoms with van der Waals surface area (Å²) in [5.74, 6) is 0.278. The number of sulfone groups is 2. The highest BCUT2D eigenvalue weighted by Crippen LogP contribution is 2.46. The van der Waals surface area contributed by atoms with Crippen LogP contribution in [0.4, 0.5) is 0 Å². The first-order chi connectivity index (χ1) is 11.3. The number of unbranched alkanes of at least 4 members (excludes halogenated alkanes) is 6. The van der Waals surface area contributed by atoms with Crippen molar-refractivity contribution in [1.82, 2.24) is 0 Å². The van der Waals surface area contributed by atoms with Crippen LogP contribution in [0.1, 0.15) is 65.2 Å². The Morgan fingerprint density at radius 1 is 0.875 bits per heavy atom. The Labute approximate surface area is 155 Å². The Hall–Kier alpha value is 0.0800. The lowest BCUT2D eigenvalue weighted by Crippen LogP contribution is -2.06. The Morgan fingerprint density at radius 3 is 2.04 bits per heavy atom. The molecule has 24 heavy (non-hydrogen) atoms. The fourth-order valence-corrected chi connectivity index (χ4v) is 8.56. The second kappa shape index (κ2) is 10.9. The summed E-state index contributed by atoms with van der Waals surface area (Å²) in [4.78, 5) is 0. The van der Waals surface area contributed by atoms with E-state index >= 15 is 0 Å². The quantitative estimate of drug-likeness (QED) is 0.418. The lowest BCUT2D eigenvalue weighted by atomic mass is 10.2. The Bertz CT molecular complexity index is 646. The van der Waals surface area contributed by atoms with Gasteiger partial charge in [-0.2, -0.15) is 0 Å². The van der Waals surface area contributed by atoms with Gasteiger partial charge in [-0.1, -0.05) is 75.9 Å². The third kappa shape index (κ3) is 8.45. The van der Waals surface area contributed by atoms with E-state index in [0.29, 0.717) is 17.1 Å². The summed E-state index contributed by atoms with van der Waals surface area (Å²) < 4.78 is 49.5. The van der Waals surface area contributed by atoms with Crippen LogP contribution in [-0.2, 0) is 19.7 Å². The third-order valence-electron chi connectivity index (χ3n) is 3.60. The summed E-state index contributed by atoms with van der Waals surface area (Å²) in [5.41, 5.74) is 0. The van der Waals surface area contributed by atoms with Gasteiger partial charge in [0.1, 0.15) is 4.24 Å². The van der Waals surface area contributed by atoms with E-state index in [4.69, 9.17) is 0 Å². The Kier molecular flexibility index (Phi) is 10.1. The van der Waals surface area contributed by atoms with Gasteiger partial charge in [0.25, 0.3) is 0 Å². The van der Waals surface area contributed by atoms with E-state index in [1.165, 1.54) is 17.2 Å². The minimum absolute atomic E-state index is 0.136. The van der Waals surface area contributed by atoms with E-state index in [-0.39, 0.29) is 15.7 Å². The molecule has 0 radical (unpaired) electrons. The Morgan fingerprint density at radius 2 is 1.46 bits per heavy atom. The molecule has 0 bridgehead atoms. The molecule has 0 aromatic rings. The molecule has 0 amide bonds. The first-order valence-electron chi connectivity index (χ1n) is 8.52. The minimum Gasteiger partial charge on any atom is -0.224 e. The van der Waals surface area contributed by atoms with E-state index < -0.39 is 19.7 Å². The monoisotopic (exact) mass is 412 g/mol. The van der Waals surface area contributed by atoms with Crippen LogP contribution in [0.25, 0.3) is 0 Å². The summed E-state index contributed by atoms with van der Waals surface area (Å²) >= 11 is 2.27. The second-order valence-corrected chi connectivity index (χ2v) is 12.5. The van der Waals surface area contributed by atoms with Gasteiger partial charge < -0.3 is 0 Å². The molecule has 0 N–H and O–H groups in total. The van der Waals surface area contributed by atoms with Gasteiger partial charge in [-0.05, 0) is 12.8 Å². The van der Waals surface area contributed by atoms with E-state index in [1.807, 2.05) is 0 Å². The lowest BCUT2D eigenvalue weighted by Gasteiger charge is -2.04. The van der Waals surface area contributed by atoms with E-state index in [9.17, 15) is 16.8 Å². The van der Waals surface area contributed by atoms with Gasteiger partial charge in [0.05, 0.1) is 21.2 Å². The fraction of sp³-hybridized carbons (Fsp3) is 0.750. The number of thioether (sulfide) groups is 2. The maximum absolute atomic E-state index is 12.3. The average molecular weight is 413 g/mol. The summed E-state index contributed by atoms with van der Waals surface area (Å²) in [6.45, 7) is 4.17. The summed E-state index contributed by atoms with van der Waals surface area (Å²) in [6, 6.07) is 0. The SMILES string of the molecule is CCCCCCS(=O)(=O)/C=C1\SC=C(S(=O)(=O)CCCCCC)S1. The molecule has 0 aliphatic carbocycles. The highest BCUT2D eigenvalue weighted by molar-refractivity contribution is 8.34. The molecule has 0 spiro atoms. The van der Waals surface area contributed by atoms with Crippen LogP contribution in [-0.4, -0.2) is 28.3 Å². The van der Waals surface area contributed by atoms with Crippen molar-refractivity contribution < 1.29 is 16.8 Å². The van der Waals surface area contributed by atoms with Crippen molar-refractivity contribution in [2.24, 2.45) is 0 Å². The standard InChI is InChI=1S/C16H28O4S4/c1-3-5-7-9-11-23(17,18)14-15-21-13-16(22-15)24(19,20)12-10-8-6-4-2/h13-14H,3-12H2,1-2H3/b15-14+. The molecule has 4 nitrogen and oxygen atoms in total. The predicted octanol–water partition coefficient (Wildman–Crippen LogP) is 5.05. The maximum atomic E-state index is 12.3. The highest BCUT2D eigenvalue weighted by Gasteiger charge is 2.25. The van der Waals surface area contributed by atoms with Crippen LogP contribution in [0.15, 0.2) is 19.3 Å². The maximum Gasteiger partial charge on any atom is 0.185 e. The van der Waals surface area contributed by atoms with Gasteiger partial charge in [-0.15, -0.1) is 0 Å². The van der Waals surface area contributed by atoms with Crippen molar-refractivity contribution in [2.45, 2.75) is 65.2 Å². The molecule has 0 aromatic carbocycles. The topological polar surface area (TPSA) is 68.3 Å². The molecule has 0 aromatic heterocycles. The molecule has 8 heteroatoms. The first-order valence-corrected chi connectivity index (χ1v) is 13.6. The molecular formula is C16H28O4S4. The zero-order chi connectivity index (χ0) is 18.1. The lowest BCUT2D eigenvalue weighted by molar-refractivity contribution is 0.595. The van der Waals surface area contributed by atoms with Gasteiger partial charge in [0, 0.05) is 5.41 Å². The molecule has 1 heterocycles. The summed E-state index contributed by atoms with van der Waals surface area (Å²) in [6.07, 6.45) is 7.35. The van der Waals surface area contributed by atoms with Crippen molar-refractivity contribution in [3.63, 3.8) is 0 Å². The van der Waals surface area contributed by atoms with Crippen LogP contribution < -0.4 is 0 Å². The summed E-state index contributed by atoms with van der Waals surface area (Å²) in [7, 11) is -6.56. The molecule has 0 atom stereocenters. The van der Waals surface area contributed by atoms with Gasteiger partial charge in [0.15, 0.2) is 19.7 Å². The largest absolute Gasteiger partial charge is 0.224 e. The molecule has 0 fully saturated rings. The molecular weight excluding hydrogens is 384 g/mol. The van der Waals surface area contributed by atoms with E-state index in [0.717, 1.165) is 50.3 Å². The van der Waals surface area contributed by atoms with Gasteiger partial charge in [-0.3, -0.25) is 0 Å².